The Bertz CT molecular complexity index is 153. The van der Waals surface area contributed by atoms with Gasteiger partial charge in [0.25, 0.3) is 0 Å². The molecule has 1 N–H and O–H groups in total. The molecule has 90 valence electrons. The SMILES string of the molecule is CCC=CCCCCCCCC(C)(C)O. The lowest BCUT2D eigenvalue weighted by Crippen LogP contribution is -2.17. The van der Waals surface area contributed by atoms with Crippen LogP contribution in [0.3, 0.4) is 0 Å². The molecule has 0 saturated heterocycles. The Labute approximate surface area is 95.6 Å². The third kappa shape index (κ3) is 13.7. The van der Waals surface area contributed by atoms with E-state index in [-0.39, 0.29) is 0 Å². The average molecular weight is 212 g/mol. The lowest BCUT2D eigenvalue weighted by molar-refractivity contribution is 0.0680. The van der Waals surface area contributed by atoms with Crippen LogP contribution >= 0.6 is 0 Å². The number of allylic oxidation sites excluding steroid dienone is 2. The molecule has 0 aliphatic heterocycles. The molecule has 0 aromatic heterocycles. The van der Waals surface area contributed by atoms with Gasteiger partial charge in [-0.25, -0.2) is 0 Å². The van der Waals surface area contributed by atoms with Gasteiger partial charge in [-0.2, -0.15) is 0 Å². The van der Waals surface area contributed by atoms with Gasteiger partial charge in [-0.1, -0.05) is 44.8 Å². The molecular weight excluding hydrogens is 184 g/mol. The lowest BCUT2D eigenvalue weighted by atomic mass is 10.00. The largest absolute Gasteiger partial charge is 0.390 e. The quantitative estimate of drug-likeness (QED) is 0.442. The molecule has 0 rings (SSSR count). The molecule has 0 atom stereocenters. The first-order chi connectivity index (χ1) is 7.06. The maximum absolute atomic E-state index is 9.51. The molecule has 0 unspecified atom stereocenters. The zero-order chi connectivity index (χ0) is 11.6. The first-order valence-corrected chi connectivity index (χ1v) is 6.43. The van der Waals surface area contributed by atoms with Crippen molar-refractivity contribution in [1.29, 1.82) is 0 Å². The van der Waals surface area contributed by atoms with Crippen molar-refractivity contribution < 1.29 is 5.11 Å². The molecule has 1 nitrogen and oxygen atoms in total. The van der Waals surface area contributed by atoms with Crippen LogP contribution in [-0.4, -0.2) is 10.7 Å². The van der Waals surface area contributed by atoms with E-state index in [1.165, 1.54) is 32.1 Å². The summed E-state index contributed by atoms with van der Waals surface area (Å²) in [7, 11) is 0. The Hall–Kier alpha value is -0.300. The summed E-state index contributed by atoms with van der Waals surface area (Å²) >= 11 is 0. The van der Waals surface area contributed by atoms with Crippen LogP contribution < -0.4 is 0 Å². The van der Waals surface area contributed by atoms with Crippen LogP contribution in [0.4, 0.5) is 0 Å². The Kier molecular flexibility index (Phi) is 8.79. The second-order valence-electron chi connectivity index (χ2n) is 5.00. The van der Waals surface area contributed by atoms with Crippen molar-refractivity contribution >= 4 is 0 Å². The normalized spacial score (nSPS) is 12.5. The Morgan fingerprint density at radius 2 is 1.53 bits per heavy atom. The van der Waals surface area contributed by atoms with Gasteiger partial charge in [0.05, 0.1) is 5.60 Å². The first kappa shape index (κ1) is 14.7. The van der Waals surface area contributed by atoms with Crippen molar-refractivity contribution in [1.82, 2.24) is 0 Å². The summed E-state index contributed by atoms with van der Waals surface area (Å²) in [4.78, 5) is 0. The predicted molar refractivity (Wildman–Crippen MR) is 68.0 cm³/mol. The van der Waals surface area contributed by atoms with E-state index >= 15 is 0 Å². The van der Waals surface area contributed by atoms with Gasteiger partial charge in [-0.15, -0.1) is 0 Å². The molecule has 0 aromatic carbocycles. The van der Waals surface area contributed by atoms with Gasteiger partial charge in [-0.05, 0) is 39.5 Å². The number of hydrogen-bond donors (Lipinski definition) is 1. The summed E-state index contributed by atoms with van der Waals surface area (Å²) in [5, 5.41) is 9.51. The average Bonchev–Trinajstić information content (AvgIpc) is 2.14. The van der Waals surface area contributed by atoms with Crippen LogP contribution in [0.1, 0.15) is 72.1 Å². The maximum Gasteiger partial charge on any atom is 0.0591 e. The highest BCUT2D eigenvalue weighted by atomic mass is 16.3. The smallest absolute Gasteiger partial charge is 0.0591 e. The van der Waals surface area contributed by atoms with E-state index in [2.05, 4.69) is 19.1 Å². The van der Waals surface area contributed by atoms with Gasteiger partial charge in [-0.3, -0.25) is 0 Å². The van der Waals surface area contributed by atoms with Crippen LogP contribution in [0.2, 0.25) is 0 Å². The van der Waals surface area contributed by atoms with Crippen molar-refractivity contribution in [3.05, 3.63) is 12.2 Å². The van der Waals surface area contributed by atoms with E-state index in [0.29, 0.717) is 0 Å². The summed E-state index contributed by atoms with van der Waals surface area (Å²) in [5.74, 6) is 0. The Morgan fingerprint density at radius 3 is 2.13 bits per heavy atom. The highest BCUT2D eigenvalue weighted by molar-refractivity contribution is 4.79. The second kappa shape index (κ2) is 8.96. The van der Waals surface area contributed by atoms with Gasteiger partial charge in [0.2, 0.25) is 0 Å². The van der Waals surface area contributed by atoms with Crippen molar-refractivity contribution in [3.8, 4) is 0 Å². The first-order valence-electron chi connectivity index (χ1n) is 6.43. The van der Waals surface area contributed by atoms with Crippen molar-refractivity contribution in [2.75, 3.05) is 0 Å². The molecule has 0 heterocycles. The highest BCUT2D eigenvalue weighted by Gasteiger charge is 2.10. The lowest BCUT2D eigenvalue weighted by Gasteiger charge is -2.16. The molecule has 15 heavy (non-hydrogen) atoms. The van der Waals surface area contributed by atoms with Gasteiger partial charge in [0.15, 0.2) is 0 Å². The van der Waals surface area contributed by atoms with Crippen molar-refractivity contribution in [2.24, 2.45) is 0 Å². The summed E-state index contributed by atoms with van der Waals surface area (Å²) in [5.41, 5.74) is -0.468. The fourth-order valence-electron chi connectivity index (χ4n) is 1.63. The molecule has 0 radical (unpaired) electrons. The van der Waals surface area contributed by atoms with Crippen LogP contribution in [0.5, 0.6) is 0 Å². The van der Waals surface area contributed by atoms with E-state index in [1.807, 2.05) is 13.8 Å². The predicted octanol–water partition coefficient (Wildman–Crippen LogP) is 4.45. The van der Waals surface area contributed by atoms with Crippen LogP contribution in [-0.2, 0) is 0 Å². The molecule has 0 amide bonds. The number of rotatable bonds is 9. The maximum atomic E-state index is 9.51. The molecule has 1 heteroatoms. The third-order valence-corrected chi connectivity index (χ3v) is 2.56. The van der Waals surface area contributed by atoms with Crippen LogP contribution in [0, 0.1) is 0 Å². The minimum absolute atomic E-state index is 0.468. The van der Waals surface area contributed by atoms with E-state index in [9.17, 15) is 5.11 Å². The standard InChI is InChI=1S/C14H28O/c1-4-5-6-7-8-9-10-11-12-13-14(2,3)15/h5-6,15H,4,7-13H2,1-3H3. The van der Waals surface area contributed by atoms with Gasteiger partial charge >= 0.3 is 0 Å². The molecule has 0 fully saturated rings. The molecule has 0 aromatic rings. The highest BCUT2D eigenvalue weighted by Crippen LogP contribution is 2.14. The minimum atomic E-state index is -0.468. The van der Waals surface area contributed by atoms with Crippen molar-refractivity contribution in [3.63, 3.8) is 0 Å². The van der Waals surface area contributed by atoms with E-state index in [0.717, 1.165) is 19.3 Å². The summed E-state index contributed by atoms with van der Waals surface area (Å²) in [6, 6.07) is 0. The molecule has 0 spiro atoms. The zero-order valence-electron chi connectivity index (χ0n) is 10.8. The summed E-state index contributed by atoms with van der Waals surface area (Å²) in [6.07, 6.45) is 14.3. The van der Waals surface area contributed by atoms with Gasteiger partial charge < -0.3 is 5.11 Å². The molecular formula is C14H28O. The van der Waals surface area contributed by atoms with Gasteiger partial charge in [0, 0.05) is 0 Å². The number of unbranched alkanes of at least 4 members (excludes halogenated alkanes) is 5. The monoisotopic (exact) mass is 212 g/mol. The Morgan fingerprint density at radius 1 is 0.933 bits per heavy atom. The minimum Gasteiger partial charge on any atom is -0.390 e. The molecule has 0 aliphatic rings. The van der Waals surface area contributed by atoms with Crippen LogP contribution in [0.15, 0.2) is 12.2 Å². The topological polar surface area (TPSA) is 20.2 Å². The van der Waals surface area contributed by atoms with E-state index in [1.54, 1.807) is 0 Å². The number of aliphatic hydroxyl groups is 1. The third-order valence-electron chi connectivity index (χ3n) is 2.56. The fraction of sp³-hybridized carbons (Fsp3) is 0.857. The second-order valence-corrected chi connectivity index (χ2v) is 5.00. The van der Waals surface area contributed by atoms with E-state index < -0.39 is 5.60 Å². The summed E-state index contributed by atoms with van der Waals surface area (Å²) in [6.45, 7) is 5.96. The molecule has 0 bridgehead atoms. The molecule has 0 aliphatic carbocycles. The van der Waals surface area contributed by atoms with E-state index in [4.69, 9.17) is 0 Å². The Balaban J connectivity index is 3.09. The fourth-order valence-corrected chi connectivity index (χ4v) is 1.63. The summed E-state index contributed by atoms with van der Waals surface area (Å²) < 4.78 is 0. The number of hydrogen-bond acceptors (Lipinski definition) is 1. The zero-order valence-corrected chi connectivity index (χ0v) is 10.8. The van der Waals surface area contributed by atoms with Gasteiger partial charge in [0.1, 0.15) is 0 Å². The van der Waals surface area contributed by atoms with Crippen molar-refractivity contribution in [2.45, 2.75) is 77.7 Å². The molecule has 0 saturated carbocycles. The van der Waals surface area contributed by atoms with Crippen LogP contribution in [0.25, 0.3) is 0 Å².